The standard InChI is InChI=1S/C11H20N4O2/c1-3-8(2)9(12)10-13-11(14-17-10)15-4-6-16-7-5-15/h8-9H,3-7,12H2,1-2H3. The maximum Gasteiger partial charge on any atom is 0.266 e. The summed E-state index contributed by atoms with van der Waals surface area (Å²) in [6.45, 7) is 7.21. The lowest BCUT2D eigenvalue weighted by Crippen LogP contribution is -2.36. The van der Waals surface area contributed by atoms with E-state index in [-0.39, 0.29) is 6.04 Å². The minimum absolute atomic E-state index is 0.178. The molecule has 2 heterocycles. The third-order valence-corrected chi connectivity index (χ3v) is 3.27. The van der Waals surface area contributed by atoms with Crippen LogP contribution in [0.15, 0.2) is 4.52 Å². The third kappa shape index (κ3) is 2.76. The zero-order chi connectivity index (χ0) is 12.3. The molecule has 1 aromatic rings. The van der Waals surface area contributed by atoms with Crippen molar-refractivity contribution in [3.8, 4) is 0 Å². The maximum atomic E-state index is 6.05. The van der Waals surface area contributed by atoms with Crippen molar-refractivity contribution in [3.05, 3.63) is 5.89 Å². The van der Waals surface area contributed by atoms with E-state index in [1.54, 1.807) is 0 Å². The molecule has 0 radical (unpaired) electrons. The van der Waals surface area contributed by atoms with Crippen LogP contribution < -0.4 is 10.6 Å². The number of nitrogens with zero attached hydrogens (tertiary/aromatic N) is 3. The minimum Gasteiger partial charge on any atom is -0.378 e. The number of aromatic nitrogens is 2. The SMILES string of the molecule is CCC(C)C(N)c1nc(N2CCOCC2)no1. The lowest BCUT2D eigenvalue weighted by molar-refractivity contribution is 0.121. The Hall–Kier alpha value is -1.14. The molecule has 2 atom stereocenters. The molecule has 2 rings (SSSR count). The summed E-state index contributed by atoms with van der Waals surface area (Å²) in [6.07, 6.45) is 0.996. The van der Waals surface area contributed by atoms with Gasteiger partial charge in [0.15, 0.2) is 0 Å². The number of hydrogen-bond donors (Lipinski definition) is 1. The number of nitrogens with two attached hydrogens (primary N) is 1. The van der Waals surface area contributed by atoms with Crippen LogP contribution in [0, 0.1) is 5.92 Å². The highest BCUT2D eigenvalue weighted by atomic mass is 16.5. The fraction of sp³-hybridized carbons (Fsp3) is 0.818. The molecule has 1 aliphatic rings. The van der Waals surface area contributed by atoms with Gasteiger partial charge in [-0.3, -0.25) is 0 Å². The monoisotopic (exact) mass is 240 g/mol. The molecule has 6 heteroatoms. The maximum absolute atomic E-state index is 6.05. The molecule has 0 aromatic carbocycles. The predicted molar refractivity (Wildman–Crippen MR) is 63.7 cm³/mol. The summed E-state index contributed by atoms with van der Waals surface area (Å²) >= 11 is 0. The predicted octanol–water partition coefficient (Wildman–Crippen LogP) is 0.952. The lowest BCUT2D eigenvalue weighted by Gasteiger charge is -2.24. The fourth-order valence-corrected chi connectivity index (χ4v) is 1.75. The second kappa shape index (κ2) is 5.46. The van der Waals surface area contributed by atoms with Crippen molar-refractivity contribution in [3.63, 3.8) is 0 Å². The van der Waals surface area contributed by atoms with Gasteiger partial charge in [0.25, 0.3) is 5.95 Å². The van der Waals surface area contributed by atoms with Crippen LogP contribution in [0.3, 0.4) is 0 Å². The third-order valence-electron chi connectivity index (χ3n) is 3.27. The van der Waals surface area contributed by atoms with Gasteiger partial charge in [-0.25, -0.2) is 0 Å². The molecule has 0 aliphatic carbocycles. The molecule has 1 fully saturated rings. The zero-order valence-corrected chi connectivity index (χ0v) is 10.4. The lowest BCUT2D eigenvalue weighted by atomic mass is 10.0. The molecular formula is C11H20N4O2. The smallest absolute Gasteiger partial charge is 0.266 e. The van der Waals surface area contributed by atoms with Gasteiger partial charge < -0.3 is 19.9 Å². The van der Waals surface area contributed by atoms with Crippen LogP contribution in [0.2, 0.25) is 0 Å². The van der Waals surface area contributed by atoms with E-state index in [1.165, 1.54) is 0 Å². The normalized spacial score (nSPS) is 20.3. The van der Waals surface area contributed by atoms with Gasteiger partial charge in [-0.2, -0.15) is 4.98 Å². The van der Waals surface area contributed by atoms with E-state index in [9.17, 15) is 0 Å². The summed E-state index contributed by atoms with van der Waals surface area (Å²) in [5.41, 5.74) is 6.05. The van der Waals surface area contributed by atoms with Crippen molar-refractivity contribution in [1.29, 1.82) is 0 Å². The van der Waals surface area contributed by atoms with Crippen molar-refractivity contribution in [2.45, 2.75) is 26.3 Å². The Kier molecular flexibility index (Phi) is 3.96. The Morgan fingerprint density at radius 2 is 2.12 bits per heavy atom. The van der Waals surface area contributed by atoms with Crippen LogP contribution in [0.1, 0.15) is 32.2 Å². The highest BCUT2D eigenvalue weighted by Crippen LogP contribution is 2.22. The van der Waals surface area contributed by atoms with Gasteiger partial charge in [0.2, 0.25) is 5.89 Å². The van der Waals surface area contributed by atoms with Crippen molar-refractivity contribution in [2.75, 3.05) is 31.2 Å². The summed E-state index contributed by atoms with van der Waals surface area (Å²) in [6, 6.07) is -0.178. The molecule has 1 aromatic heterocycles. The van der Waals surface area contributed by atoms with Gasteiger partial charge in [-0.05, 0) is 11.1 Å². The molecule has 1 aliphatic heterocycles. The topological polar surface area (TPSA) is 77.4 Å². The Bertz CT molecular complexity index is 332. The van der Waals surface area contributed by atoms with Gasteiger partial charge in [0.05, 0.1) is 19.3 Å². The van der Waals surface area contributed by atoms with Crippen LogP contribution in [0.25, 0.3) is 0 Å². The first-order chi connectivity index (χ1) is 8.22. The molecule has 0 spiro atoms. The quantitative estimate of drug-likeness (QED) is 0.844. The summed E-state index contributed by atoms with van der Waals surface area (Å²) in [7, 11) is 0. The van der Waals surface area contributed by atoms with Crippen molar-refractivity contribution in [2.24, 2.45) is 11.7 Å². The molecule has 2 N–H and O–H groups in total. The second-order valence-corrected chi connectivity index (χ2v) is 4.44. The summed E-state index contributed by atoms with van der Waals surface area (Å²) in [5.74, 6) is 1.50. The van der Waals surface area contributed by atoms with E-state index < -0.39 is 0 Å². The van der Waals surface area contributed by atoms with Crippen molar-refractivity contribution >= 4 is 5.95 Å². The molecule has 96 valence electrons. The number of rotatable bonds is 4. The summed E-state index contributed by atoms with van der Waals surface area (Å²) in [5, 5.41) is 3.98. The molecule has 2 unspecified atom stereocenters. The first kappa shape index (κ1) is 12.3. The average molecular weight is 240 g/mol. The molecular weight excluding hydrogens is 220 g/mol. The summed E-state index contributed by atoms with van der Waals surface area (Å²) in [4.78, 5) is 6.43. The number of hydrogen-bond acceptors (Lipinski definition) is 6. The van der Waals surface area contributed by atoms with Crippen LogP contribution in [-0.2, 0) is 4.74 Å². The van der Waals surface area contributed by atoms with Crippen LogP contribution >= 0.6 is 0 Å². The highest BCUT2D eigenvalue weighted by Gasteiger charge is 2.22. The van der Waals surface area contributed by atoms with Crippen molar-refractivity contribution in [1.82, 2.24) is 10.1 Å². The van der Waals surface area contributed by atoms with Crippen LogP contribution in [0.4, 0.5) is 5.95 Å². The largest absolute Gasteiger partial charge is 0.378 e. The fourth-order valence-electron chi connectivity index (χ4n) is 1.75. The van der Waals surface area contributed by atoms with Crippen molar-refractivity contribution < 1.29 is 9.26 Å². The van der Waals surface area contributed by atoms with Gasteiger partial charge in [0.1, 0.15) is 0 Å². The average Bonchev–Trinajstić information content (AvgIpc) is 2.87. The summed E-state index contributed by atoms with van der Waals surface area (Å²) < 4.78 is 10.5. The Morgan fingerprint density at radius 1 is 1.41 bits per heavy atom. The van der Waals surface area contributed by atoms with E-state index in [2.05, 4.69) is 28.9 Å². The van der Waals surface area contributed by atoms with Crippen LogP contribution in [-0.4, -0.2) is 36.4 Å². The zero-order valence-electron chi connectivity index (χ0n) is 10.4. The van der Waals surface area contributed by atoms with Gasteiger partial charge in [0, 0.05) is 13.1 Å². The Morgan fingerprint density at radius 3 is 2.76 bits per heavy atom. The Balaban J connectivity index is 2.04. The van der Waals surface area contributed by atoms with E-state index in [0.29, 0.717) is 31.0 Å². The van der Waals surface area contributed by atoms with E-state index in [1.807, 2.05) is 0 Å². The first-order valence-electron chi connectivity index (χ1n) is 6.14. The highest BCUT2D eigenvalue weighted by molar-refractivity contribution is 5.28. The first-order valence-corrected chi connectivity index (χ1v) is 6.14. The molecule has 0 bridgehead atoms. The Labute approximate surface area is 101 Å². The second-order valence-electron chi connectivity index (χ2n) is 4.44. The molecule has 6 nitrogen and oxygen atoms in total. The molecule has 0 saturated carbocycles. The number of anilines is 1. The molecule has 17 heavy (non-hydrogen) atoms. The molecule has 0 amide bonds. The van der Waals surface area contributed by atoms with E-state index in [0.717, 1.165) is 19.5 Å². The van der Waals surface area contributed by atoms with Crippen LogP contribution in [0.5, 0.6) is 0 Å². The number of morpholine rings is 1. The minimum atomic E-state index is -0.178. The van der Waals surface area contributed by atoms with E-state index >= 15 is 0 Å². The van der Waals surface area contributed by atoms with Gasteiger partial charge in [-0.15, -0.1) is 0 Å². The molecule has 1 saturated heterocycles. The van der Waals surface area contributed by atoms with Gasteiger partial charge in [-0.1, -0.05) is 20.3 Å². The van der Waals surface area contributed by atoms with E-state index in [4.69, 9.17) is 15.0 Å². The van der Waals surface area contributed by atoms with Gasteiger partial charge >= 0.3 is 0 Å². The number of ether oxygens (including phenoxy) is 1.